The number of carbonyl (C=O) groups excluding carboxylic acids is 3. The SMILES string of the molecule is Cn1c(=O)n(C2CCC(=O)NC2=O)c2cccc(NCCCN3CCN(c4ccc(C(=O)Nc5n[nH]c6ccc(Cc7cc(F)cc(F)c7)cc56)c(NC5CCOCC5)c4)CC3)c21. The predicted octanol–water partition coefficient (Wildman–Crippen LogP) is 5.53. The normalized spacial score (nSPS) is 17.6. The summed E-state index contributed by atoms with van der Waals surface area (Å²) in [6, 6.07) is 20.0. The zero-order chi connectivity index (χ0) is 43.6. The Morgan fingerprint density at radius 3 is 2.46 bits per heavy atom. The van der Waals surface area contributed by atoms with Gasteiger partial charge in [0.25, 0.3) is 5.91 Å². The molecule has 3 saturated heterocycles. The summed E-state index contributed by atoms with van der Waals surface area (Å²) in [4.78, 5) is 56.5. The first-order valence-electron chi connectivity index (χ1n) is 21.5. The fourth-order valence-electron chi connectivity index (χ4n) is 9.06. The van der Waals surface area contributed by atoms with Gasteiger partial charge >= 0.3 is 5.69 Å². The number of fused-ring (bicyclic) bond motifs is 2. The van der Waals surface area contributed by atoms with Gasteiger partial charge in [0.15, 0.2) is 5.82 Å². The topological polar surface area (TPSA) is 171 Å². The van der Waals surface area contributed by atoms with Crippen LogP contribution in [-0.4, -0.2) is 100 Å². The van der Waals surface area contributed by atoms with Crippen molar-refractivity contribution in [2.75, 3.05) is 73.3 Å². The Balaban J connectivity index is 0.832. The summed E-state index contributed by atoms with van der Waals surface area (Å²) >= 11 is 0. The van der Waals surface area contributed by atoms with Crippen LogP contribution in [-0.2, 0) is 27.8 Å². The molecule has 0 spiro atoms. The lowest BCUT2D eigenvalue weighted by molar-refractivity contribution is -0.135. The van der Waals surface area contributed by atoms with Crippen LogP contribution in [0.4, 0.5) is 31.7 Å². The Labute approximate surface area is 361 Å². The van der Waals surface area contributed by atoms with E-state index in [-0.39, 0.29) is 36.4 Å². The fourth-order valence-corrected chi connectivity index (χ4v) is 9.06. The van der Waals surface area contributed by atoms with Gasteiger partial charge in [-0.2, -0.15) is 5.10 Å². The molecule has 0 bridgehead atoms. The molecular formula is C46H50F2N10O5. The van der Waals surface area contributed by atoms with E-state index < -0.39 is 23.6 Å². The number of nitrogens with one attached hydrogen (secondary N) is 5. The Morgan fingerprint density at radius 2 is 1.68 bits per heavy atom. The first-order chi connectivity index (χ1) is 30.6. The van der Waals surface area contributed by atoms with Crippen LogP contribution in [0.2, 0.25) is 0 Å². The average molecular weight is 861 g/mol. The van der Waals surface area contributed by atoms with Crippen molar-refractivity contribution in [1.82, 2.24) is 29.5 Å². The van der Waals surface area contributed by atoms with E-state index in [1.54, 1.807) is 11.6 Å². The summed E-state index contributed by atoms with van der Waals surface area (Å²) in [5.74, 6) is -1.99. The minimum absolute atomic E-state index is 0.148. The van der Waals surface area contributed by atoms with Gasteiger partial charge in [-0.05, 0) is 104 Å². The number of hydrogen-bond acceptors (Lipinski definition) is 10. The summed E-state index contributed by atoms with van der Waals surface area (Å²) in [6.07, 6.45) is 3.30. The predicted molar refractivity (Wildman–Crippen MR) is 237 cm³/mol. The van der Waals surface area contributed by atoms with Crippen LogP contribution in [0.15, 0.2) is 77.6 Å². The molecule has 6 aromatic rings. The van der Waals surface area contributed by atoms with Gasteiger partial charge < -0.3 is 25.6 Å². The largest absolute Gasteiger partial charge is 0.383 e. The number of H-pyrrole nitrogens is 1. The first kappa shape index (κ1) is 41.7. The number of ether oxygens (including phenoxy) is 1. The highest BCUT2D eigenvalue weighted by atomic mass is 19.1. The maximum absolute atomic E-state index is 14.0. The number of carbonyl (C=O) groups is 3. The van der Waals surface area contributed by atoms with E-state index in [4.69, 9.17) is 4.74 Å². The van der Waals surface area contributed by atoms with Gasteiger partial charge in [0.1, 0.15) is 17.7 Å². The number of aryl methyl sites for hydroxylation is 1. The minimum Gasteiger partial charge on any atom is -0.383 e. The first-order valence-corrected chi connectivity index (χ1v) is 21.5. The van der Waals surface area contributed by atoms with Crippen LogP contribution in [0.5, 0.6) is 0 Å². The molecule has 0 radical (unpaired) electrons. The van der Waals surface area contributed by atoms with Gasteiger partial charge in [-0.1, -0.05) is 12.1 Å². The third-order valence-corrected chi connectivity index (χ3v) is 12.3. The van der Waals surface area contributed by atoms with E-state index in [2.05, 4.69) is 47.3 Å². The van der Waals surface area contributed by atoms with Gasteiger partial charge in [-0.15, -0.1) is 0 Å². The van der Waals surface area contributed by atoms with E-state index in [1.165, 1.54) is 16.7 Å². The van der Waals surface area contributed by atoms with Crippen molar-refractivity contribution in [3.63, 3.8) is 0 Å². The number of halogens is 2. The van der Waals surface area contributed by atoms with Crippen molar-refractivity contribution >= 4 is 62.5 Å². The molecule has 1 unspecified atom stereocenters. The highest BCUT2D eigenvalue weighted by Gasteiger charge is 2.32. The maximum Gasteiger partial charge on any atom is 0.329 e. The van der Waals surface area contributed by atoms with Gasteiger partial charge in [0, 0.05) is 88.3 Å². The Bertz CT molecular complexity index is 2730. The molecule has 3 amide bonds. The Hall–Kier alpha value is -6.59. The lowest BCUT2D eigenvalue weighted by atomic mass is 10.0. The lowest BCUT2D eigenvalue weighted by Crippen LogP contribution is -2.46. The summed E-state index contributed by atoms with van der Waals surface area (Å²) in [6.45, 7) is 6.23. The van der Waals surface area contributed by atoms with Gasteiger partial charge in [-0.25, -0.2) is 13.6 Å². The van der Waals surface area contributed by atoms with E-state index in [0.717, 1.165) is 91.7 Å². The van der Waals surface area contributed by atoms with Crippen LogP contribution in [0, 0.1) is 11.6 Å². The number of rotatable bonds is 13. The second-order valence-corrected chi connectivity index (χ2v) is 16.6. The Morgan fingerprint density at radius 1 is 0.889 bits per heavy atom. The molecular weight excluding hydrogens is 811 g/mol. The van der Waals surface area contributed by atoms with Crippen LogP contribution < -0.4 is 31.9 Å². The van der Waals surface area contributed by atoms with Gasteiger partial charge in [0.05, 0.1) is 27.8 Å². The van der Waals surface area contributed by atoms with Crippen LogP contribution in [0.25, 0.3) is 21.9 Å². The van der Waals surface area contributed by atoms with Crippen molar-refractivity contribution in [3.05, 3.63) is 112 Å². The lowest BCUT2D eigenvalue weighted by Gasteiger charge is -2.36. The molecule has 3 fully saturated rings. The van der Waals surface area contributed by atoms with E-state index in [1.807, 2.05) is 48.5 Å². The van der Waals surface area contributed by atoms with Gasteiger partial charge in [0.2, 0.25) is 11.8 Å². The third-order valence-electron chi connectivity index (χ3n) is 12.3. The van der Waals surface area contributed by atoms with Crippen LogP contribution in [0.3, 0.4) is 0 Å². The smallest absolute Gasteiger partial charge is 0.329 e. The van der Waals surface area contributed by atoms with E-state index in [0.29, 0.717) is 54.0 Å². The number of nitrogens with zero attached hydrogens (tertiary/aromatic N) is 5. The third kappa shape index (κ3) is 9.02. The molecule has 3 aliphatic rings. The number of aromatic amines is 1. The molecule has 0 saturated carbocycles. The quantitative estimate of drug-likeness (QED) is 0.0736. The Kier molecular flexibility index (Phi) is 11.9. The molecule has 5 heterocycles. The van der Waals surface area contributed by atoms with E-state index >= 15 is 0 Å². The summed E-state index contributed by atoms with van der Waals surface area (Å²) in [7, 11) is 1.70. The molecule has 63 heavy (non-hydrogen) atoms. The highest BCUT2D eigenvalue weighted by Crippen LogP contribution is 2.31. The molecule has 9 rings (SSSR count). The second kappa shape index (κ2) is 18.0. The fraction of sp³-hybridized carbons (Fsp3) is 0.370. The van der Waals surface area contributed by atoms with Crippen molar-refractivity contribution < 1.29 is 27.9 Å². The molecule has 3 aliphatic heterocycles. The number of amides is 3. The molecule has 5 N–H and O–H groups in total. The van der Waals surface area contributed by atoms with Crippen LogP contribution >= 0.6 is 0 Å². The molecule has 2 aromatic heterocycles. The molecule has 328 valence electrons. The van der Waals surface area contributed by atoms with E-state index in [9.17, 15) is 28.0 Å². The highest BCUT2D eigenvalue weighted by molar-refractivity contribution is 6.11. The number of para-hydroxylation sites is 1. The zero-order valence-corrected chi connectivity index (χ0v) is 35.0. The second-order valence-electron chi connectivity index (χ2n) is 16.6. The minimum atomic E-state index is -0.735. The van der Waals surface area contributed by atoms with Crippen molar-refractivity contribution in [1.29, 1.82) is 0 Å². The monoisotopic (exact) mass is 860 g/mol. The number of imidazole rings is 1. The van der Waals surface area contributed by atoms with Crippen molar-refractivity contribution in [3.8, 4) is 0 Å². The zero-order valence-electron chi connectivity index (χ0n) is 35.0. The van der Waals surface area contributed by atoms with Gasteiger partial charge in [-0.3, -0.25) is 38.8 Å². The summed E-state index contributed by atoms with van der Waals surface area (Å²) in [5.41, 5.74) is 6.17. The molecule has 1 atom stereocenters. The number of anilines is 4. The summed E-state index contributed by atoms with van der Waals surface area (Å²) in [5, 5.41) is 20.6. The van der Waals surface area contributed by atoms with Crippen molar-refractivity contribution in [2.24, 2.45) is 7.05 Å². The number of piperazine rings is 1. The maximum atomic E-state index is 14.0. The number of hydrogen-bond donors (Lipinski definition) is 5. The molecule has 15 nitrogen and oxygen atoms in total. The number of aromatic nitrogens is 4. The molecule has 4 aromatic carbocycles. The number of benzene rings is 4. The average Bonchev–Trinajstić information content (AvgIpc) is 3.78. The molecule has 17 heteroatoms. The number of piperidine rings is 1. The number of imide groups is 1. The van der Waals surface area contributed by atoms with Crippen molar-refractivity contribution in [2.45, 2.75) is 50.6 Å². The molecule has 0 aliphatic carbocycles. The van der Waals surface area contributed by atoms with Crippen LogP contribution in [0.1, 0.15) is 59.6 Å². The standard InChI is InChI=1S/C46H50F2N10O5/c1-55-42-37(4-2-5-39(42)58(46(55)62)40-10-11-41(59)51-45(40)61)49-14-3-15-56-16-18-57(19-17-56)33-7-8-34(38(27-33)50-32-12-20-63-21-13-32)44(60)52-43-35-25-28(6-9-36(35)53-54-43)22-29-23-30(47)26-31(48)24-29/h2,4-9,23-27,32,40,49-50H,3,10-22H2,1H3,(H,51,59,61)(H2,52,53,54,60). The summed E-state index contributed by atoms with van der Waals surface area (Å²) < 4.78 is 36.4.